The summed E-state index contributed by atoms with van der Waals surface area (Å²) in [4.78, 5) is 0. The predicted octanol–water partition coefficient (Wildman–Crippen LogP) is 4.39. The van der Waals surface area contributed by atoms with Crippen LogP contribution in [0.4, 0.5) is 0 Å². The Kier molecular flexibility index (Phi) is 5.30. The molecule has 3 atom stereocenters. The second-order valence-corrected chi connectivity index (χ2v) is 6.48. The van der Waals surface area contributed by atoms with E-state index in [0.29, 0.717) is 5.41 Å². The highest BCUT2D eigenvalue weighted by atomic mass is 16.3. The van der Waals surface area contributed by atoms with Gasteiger partial charge in [0, 0.05) is 0 Å². The number of hydrogen-bond acceptors (Lipinski definition) is 1. The van der Waals surface area contributed by atoms with E-state index in [4.69, 9.17) is 0 Å². The molecule has 1 heteroatoms. The van der Waals surface area contributed by atoms with Gasteiger partial charge in [-0.3, -0.25) is 0 Å². The molecule has 1 N–H and O–H groups in total. The summed E-state index contributed by atoms with van der Waals surface area (Å²) in [5.74, 6) is 1.66. The molecule has 1 nitrogen and oxygen atoms in total. The quantitative estimate of drug-likeness (QED) is 0.737. The van der Waals surface area contributed by atoms with Gasteiger partial charge in [-0.05, 0) is 42.9 Å². The van der Waals surface area contributed by atoms with E-state index in [0.717, 1.165) is 31.1 Å². The molecule has 0 bridgehead atoms. The summed E-state index contributed by atoms with van der Waals surface area (Å²) in [5, 5.41) is 9.84. The van der Waals surface area contributed by atoms with Crippen LogP contribution in [0.5, 0.6) is 0 Å². The van der Waals surface area contributed by atoms with E-state index in [1.165, 1.54) is 25.7 Å². The Labute approximate surface area is 102 Å². The van der Waals surface area contributed by atoms with E-state index in [9.17, 15) is 5.11 Å². The predicted molar refractivity (Wildman–Crippen MR) is 70.4 cm³/mol. The van der Waals surface area contributed by atoms with Crippen molar-refractivity contribution in [3.8, 4) is 0 Å². The van der Waals surface area contributed by atoms with Crippen LogP contribution < -0.4 is 0 Å². The Morgan fingerprint density at radius 2 is 2.00 bits per heavy atom. The van der Waals surface area contributed by atoms with E-state index in [1.54, 1.807) is 0 Å². The van der Waals surface area contributed by atoms with Crippen molar-refractivity contribution in [3.05, 3.63) is 0 Å². The Hall–Kier alpha value is -0.0400. The zero-order valence-corrected chi connectivity index (χ0v) is 11.6. The molecule has 1 saturated carbocycles. The molecule has 1 aliphatic carbocycles. The molecule has 0 amide bonds. The summed E-state index contributed by atoms with van der Waals surface area (Å²) in [6.07, 6.45) is 8.38. The average Bonchev–Trinajstić information content (AvgIpc) is 2.16. The van der Waals surface area contributed by atoms with Crippen molar-refractivity contribution in [1.29, 1.82) is 0 Å². The van der Waals surface area contributed by atoms with Gasteiger partial charge in [0.15, 0.2) is 0 Å². The van der Waals surface area contributed by atoms with E-state index in [1.807, 2.05) is 0 Å². The fourth-order valence-electron chi connectivity index (χ4n) is 3.56. The van der Waals surface area contributed by atoms with E-state index in [2.05, 4.69) is 27.7 Å². The molecule has 16 heavy (non-hydrogen) atoms. The van der Waals surface area contributed by atoms with Crippen molar-refractivity contribution in [2.24, 2.45) is 17.3 Å². The molecule has 1 fully saturated rings. The van der Waals surface area contributed by atoms with E-state index < -0.39 is 0 Å². The van der Waals surface area contributed by atoms with Gasteiger partial charge >= 0.3 is 0 Å². The summed E-state index contributed by atoms with van der Waals surface area (Å²) >= 11 is 0. The molecular formula is C15H30O. The summed E-state index contributed by atoms with van der Waals surface area (Å²) in [5.41, 5.74) is 0.490. The molecule has 0 radical (unpaired) electrons. The van der Waals surface area contributed by atoms with Crippen molar-refractivity contribution in [2.45, 2.75) is 78.7 Å². The Balaban J connectivity index is 2.43. The summed E-state index contributed by atoms with van der Waals surface area (Å²) in [7, 11) is 0. The highest BCUT2D eigenvalue weighted by Gasteiger charge is 2.36. The third-order valence-electron chi connectivity index (χ3n) is 4.60. The van der Waals surface area contributed by atoms with Crippen LogP contribution in [0.25, 0.3) is 0 Å². The third kappa shape index (κ3) is 3.76. The van der Waals surface area contributed by atoms with Crippen LogP contribution in [-0.4, -0.2) is 11.2 Å². The first kappa shape index (κ1) is 14.0. The standard InChI is InChI=1S/C15H30O/c1-5-7-13(16)9-10-14-12(2)8-6-11-15(14,3)4/h12-14,16H,5-11H2,1-4H3/t12-,13-,14+/m0/s1. The number of hydrogen-bond donors (Lipinski definition) is 1. The molecule has 0 heterocycles. The molecule has 0 aromatic rings. The molecule has 0 unspecified atom stereocenters. The minimum Gasteiger partial charge on any atom is -0.393 e. The lowest BCUT2D eigenvalue weighted by molar-refractivity contribution is 0.0560. The third-order valence-corrected chi connectivity index (χ3v) is 4.60. The molecule has 0 aromatic heterocycles. The van der Waals surface area contributed by atoms with Gasteiger partial charge in [0.1, 0.15) is 0 Å². The number of aliphatic hydroxyl groups excluding tert-OH is 1. The second-order valence-electron chi connectivity index (χ2n) is 6.48. The fraction of sp³-hybridized carbons (Fsp3) is 1.00. The topological polar surface area (TPSA) is 20.2 Å². The Morgan fingerprint density at radius 3 is 2.56 bits per heavy atom. The van der Waals surface area contributed by atoms with Crippen LogP contribution in [-0.2, 0) is 0 Å². The average molecular weight is 226 g/mol. The van der Waals surface area contributed by atoms with Gasteiger partial charge in [-0.15, -0.1) is 0 Å². The van der Waals surface area contributed by atoms with Crippen molar-refractivity contribution < 1.29 is 5.11 Å². The van der Waals surface area contributed by atoms with Crippen molar-refractivity contribution in [1.82, 2.24) is 0 Å². The first-order valence-electron chi connectivity index (χ1n) is 7.15. The normalized spacial score (nSPS) is 31.3. The van der Waals surface area contributed by atoms with Gasteiger partial charge in [-0.25, -0.2) is 0 Å². The Morgan fingerprint density at radius 1 is 1.31 bits per heavy atom. The van der Waals surface area contributed by atoms with Crippen LogP contribution in [0.15, 0.2) is 0 Å². The minimum absolute atomic E-state index is 0.0603. The molecule has 1 rings (SSSR count). The highest BCUT2D eigenvalue weighted by Crippen LogP contribution is 2.46. The SMILES string of the molecule is CCC[C@H](O)CC[C@@H]1[C@@H](C)CCCC1(C)C. The van der Waals surface area contributed by atoms with Gasteiger partial charge in [0.05, 0.1) is 6.10 Å². The maximum absolute atomic E-state index is 9.84. The van der Waals surface area contributed by atoms with Crippen LogP contribution in [0.2, 0.25) is 0 Å². The van der Waals surface area contributed by atoms with E-state index >= 15 is 0 Å². The maximum Gasteiger partial charge on any atom is 0.0540 e. The molecule has 0 aliphatic heterocycles. The first-order chi connectivity index (χ1) is 7.47. The molecule has 96 valence electrons. The monoisotopic (exact) mass is 226 g/mol. The summed E-state index contributed by atoms with van der Waals surface area (Å²) in [6, 6.07) is 0. The molecule has 0 aromatic carbocycles. The largest absolute Gasteiger partial charge is 0.393 e. The van der Waals surface area contributed by atoms with Gasteiger partial charge in [0.2, 0.25) is 0 Å². The van der Waals surface area contributed by atoms with Crippen LogP contribution >= 0.6 is 0 Å². The molecular weight excluding hydrogens is 196 g/mol. The van der Waals surface area contributed by atoms with Crippen LogP contribution in [0, 0.1) is 17.3 Å². The zero-order valence-electron chi connectivity index (χ0n) is 11.6. The van der Waals surface area contributed by atoms with Crippen LogP contribution in [0.3, 0.4) is 0 Å². The van der Waals surface area contributed by atoms with Gasteiger partial charge < -0.3 is 5.11 Å². The van der Waals surface area contributed by atoms with Gasteiger partial charge in [0.25, 0.3) is 0 Å². The van der Waals surface area contributed by atoms with Crippen molar-refractivity contribution in [3.63, 3.8) is 0 Å². The summed E-state index contributed by atoms with van der Waals surface area (Å²) in [6.45, 7) is 9.38. The lowest BCUT2D eigenvalue weighted by Gasteiger charge is -2.43. The van der Waals surface area contributed by atoms with Crippen LogP contribution in [0.1, 0.15) is 72.6 Å². The number of aliphatic hydroxyl groups is 1. The van der Waals surface area contributed by atoms with Crippen molar-refractivity contribution >= 4 is 0 Å². The smallest absolute Gasteiger partial charge is 0.0540 e. The molecule has 1 aliphatic rings. The minimum atomic E-state index is -0.0603. The van der Waals surface area contributed by atoms with Gasteiger partial charge in [-0.1, -0.05) is 47.0 Å². The molecule has 0 saturated heterocycles. The fourth-order valence-corrected chi connectivity index (χ4v) is 3.56. The van der Waals surface area contributed by atoms with Gasteiger partial charge in [-0.2, -0.15) is 0 Å². The lowest BCUT2D eigenvalue weighted by Crippen LogP contribution is -2.34. The Bertz CT molecular complexity index is 198. The zero-order chi connectivity index (χ0) is 12.2. The maximum atomic E-state index is 9.84. The highest BCUT2D eigenvalue weighted by molar-refractivity contribution is 4.86. The number of rotatable bonds is 5. The molecule has 0 spiro atoms. The lowest BCUT2D eigenvalue weighted by atomic mass is 9.62. The van der Waals surface area contributed by atoms with Crippen molar-refractivity contribution in [2.75, 3.05) is 0 Å². The second kappa shape index (κ2) is 6.05. The van der Waals surface area contributed by atoms with E-state index in [-0.39, 0.29) is 6.10 Å². The first-order valence-corrected chi connectivity index (χ1v) is 7.15. The summed E-state index contributed by atoms with van der Waals surface area (Å²) < 4.78 is 0.